The third-order valence-corrected chi connectivity index (χ3v) is 0.519. The van der Waals surface area contributed by atoms with Crippen LogP contribution in [0, 0.1) is 0 Å². The van der Waals surface area contributed by atoms with E-state index in [-0.39, 0.29) is 5.57 Å². The Labute approximate surface area is 51.9 Å². The fourth-order valence-electron chi connectivity index (χ4n) is 0.0997. The quantitative estimate of drug-likeness (QED) is 0.325. The first-order chi connectivity index (χ1) is 3.68. The molecule has 0 spiro atoms. The third-order valence-electron chi connectivity index (χ3n) is 0.456. The molecule has 3 nitrogen and oxygen atoms in total. The molecule has 0 atom stereocenters. The molecule has 0 rings (SSSR count). The highest BCUT2D eigenvalue weighted by molar-refractivity contribution is 6.07. The van der Waals surface area contributed by atoms with Gasteiger partial charge in [-0.15, -0.1) is 0 Å². The monoisotopic (exact) mass is 136 g/mol. The predicted molar refractivity (Wildman–Crippen MR) is 27.8 cm³/mol. The van der Waals surface area contributed by atoms with Gasteiger partial charge in [0, 0.05) is 5.57 Å². The smallest absolute Gasteiger partial charge is 0.275 e. The zero-order valence-corrected chi connectivity index (χ0v) is 5.07. The third kappa shape index (κ3) is 2.60. The zero-order chi connectivity index (χ0) is 6.57. The fourth-order valence-corrected chi connectivity index (χ4v) is 0.157. The van der Waals surface area contributed by atoms with Gasteiger partial charge in [-0.25, -0.2) is 4.79 Å². The van der Waals surface area contributed by atoms with Crippen LogP contribution < -0.4 is 0 Å². The maximum Gasteiger partial charge on any atom is 0.370 e. The van der Waals surface area contributed by atoms with Gasteiger partial charge in [0.2, 0.25) is 0 Å². The topological polar surface area (TPSA) is 35.5 Å². The average molecular weight is 137 g/mol. The largest absolute Gasteiger partial charge is 0.370 e. The maximum absolute atomic E-state index is 10.2. The minimum absolute atomic E-state index is 0.241. The van der Waals surface area contributed by atoms with Gasteiger partial charge in [0.05, 0.1) is 0 Å². The second kappa shape index (κ2) is 3.46. The van der Waals surface area contributed by atoms with Crippen molar-refractivity contribution < 1.29 is 14.1 Å². The minimum atomic E-state index is -0.667. The van der Waals surface area contributed by atoms with E-state index in [1.54, 1.807) is 0 Å². The van der Waals surface area contributed by atoms with Crippen molar-refractivity contribution in [2.24, 2.45) is 0 Å². The molecule has 0 aliphatic rings. The van der Waals surface area contributed by atoms with Crippen LogP contribution in [0.5, 0.6) is 0 Å². The molecule has 0 aromatic carbocycles. The lowest BCUT2D eigenvalue weighted by atomic mass is 10.4. The highest BCUT2D eigenvalue weighted by Crippen LogP contribution is 1.93. The summed E-state index contributed by atoms with van der Waals surface area (Å²) in [6, 6.07) is 0. The van der Waals surface area contributed by atoms with Crippen molar-refractivity contribution in [3.8, 4) is 0 Å². The Hall–Kier alpha value is -0.540. The summed E-state index contributed by atoms with van der Waals surface area (Å²) in [5.74, 6) is -0.667. The van der Waals surface area contributed by atoms with E-state index < -0.39 is 5.97 Å². The van der Waals surface area contributed by atoms with Crippen LogP contribution in [-0.4, -0.2) is 5.97 Å². The molecule has 0 amide bonds. The molecule has 0 aliphatic heterocycles. The summed E-state index contributed by atoms with van der Waals surface area (Å²) in [4.78, 5) is 14.0. The van der Waals surface area contributed by atoms with E-state index in [4.69, 9.17) is 0 Å². The van der Waals surface area contributed by atoms with Crippen molar-refractivity contribution in [2.75, 3.05) is 0 Å². The lowest BCUT2D eigenvalue weighted by Crippen LogP contribution is -2.00. The van der Waals surface area contributed by atoms with Crippen LogP contribution in [0.25, 0.3) is 0 Å². The van der Waals surface area contributed by atoms with Crippen LogP contribution in [0.15, 0.2) is 12.2 Å². The maximum atomic E-state index is 10.2. The van der Waals surface area contributed by atoms with E-state index in [0.29, 0.717) is 0 Å². The van der Waals surface area contributed by atoms with Gasteiger partial charge in [-0.1, -0.05) is 11.0 Å². The Morgan fingerprint density at radius 2 is 2.25 bits per heavy atom. The first kappa shape index (κ1) is 7.46. The molecule has 0 bridgehead atoms. The van der Waals surface area contributed by atoms with Crippen LogP contribution in [0.3, 0.4) is 0 Å². The summed E-state index contributed by atoms with van der Waals surface area (Å²) >= 11 is 4.56. The summed E-state index contributed by atoms with van der Waals surface area (Å²) in [5, 5.41) is 0. The van der Waals surface area contributed by atoms with Crippen molar-refractivity contribution in [2.45, 2.75) is 6.92 Å². The normalized spacial score (nSPS) is 8.25. The van der Waals surface area contributed by atoms with Crippen LogP contribution in [0.4, 0.5) is 0 Å². The van der Waals surface area contributed by atoms with E-state index in [0.717, 1.165) is 0 Å². The molecule has 0 aliphatic carbocycles. The van der Waals surface area contributed by atoms with Gasteiger partial charge >= 0.3 is 5.97 Å². The van der Waals surface area contributed by atoms with Crippen molar-refractivity contribution in [1.29, 1.82) is 0 Å². The minimum Gasteiger partial charge on any atom is -0.275 e. The summed E-state index contributed by atoms with van der Waals surface area (Å²) in [5.41, 5.74) is 0.241. The molecular formula is C4H5ClO3. The van der Waals surface area contributed by atoms with Crippen molar-refractivity contribution in [1.82, 2.24) is 0 Å². The van der Waals surface area contributed by atoms with Crippen molar-refractivity contribution in [3.05, 3.63) is 12.2 Å². The molecular weight excluding hydrogens is 131 g/mol. The van der Waals surface area contributed by atoms with Crippen molar-refractivity contribution in [3.63, 3.8) is 0 Å². The summed E-state index contributed by atoms with van der Waals surface area (Å²) < 4.78 is 3.53. The second-order valence-electron chi connectivity index (χ2n) is 1.21. The van der Waals surface area contributed by atoms with E-state index in [9.17, 15) is 4.79 Å². The number of halogens is 1. The van der Waals surface area contributed by atoms with Gasteiger partial charge in [0.1, 0.15) is 11.9 Å². The summed E-state index contributed by atoms with van der Waals surface area (Å²) in [7, 11) is 0. The average Bonchev–Trinajstić information content (AvgIpc) is 1.67. The van der Waals surface area contributed by atoms with E-state index in [1.165, 1.54) is 6.92 Å². The predicted octanol–water partition coefficient (Wildman–Crippen LogP) is 1.19. The molecule has 46 valence electrons. The van der Waals surface area contributed by atoms with Crippen molar-refractivity contribution >= 4 is 17.8 Å². The SMILES string of the molecule is C=C(C)C(=O)OOCl. The molecule has 0 aromatic heterocycles. The second-order valence-corrected chi connectivity index (χ2v) is 1.34. The highest BCUT2D eigenvalue weighted by Gasteiger charge is 2.01. The molecule has 0 unspecified atom stereocenters. The van der Waals surface area contributed by atoms with E-state index in [1.807, 2.05) is 0 Å². The molecule has 4 heteroatoms. The zero-order valence-electron chi connectivity index (χ0n) is 4.31. The molecule has 0 radical (unpaired) electrons. The van der Waals surface area contributed by atoms with Gasteiger partial charge in [-0.05, 0) is 6.92 Å². The Kier molecular flexibility index (Phi) is 3.23. The fraction of sp³-hybridized carbons (Fsp3) is 0.250. The molecule has 0 saturated heterocycles. The molecule has 0 heterocycles. The molecule has 0 saturated carbocycles. The lowest BCUT2D eigenvalue weighted by molar-refractivity contribution is -0.206. The first-order valence-electron chi connectivity index (χ1n) is 1.83. The Morgan fingerprint density at radius 1 is 1.75 bits per heavy atom. The van der Waals surface area contributed by atoms with Gasteiger partial charge in [0.15, 0.2) is 0 Å². The van der Waals surface area contributed by atoms with Crippen LogP contribution in [0.1, 0.15) is 6.92 Å². The van der Waals surface area contributed by atoms with Gasteiger partial charge < -0.3 is 0 Å². The van der Waals surface area contributed by atoms with Crippen LogP contribution in [-0.2, 0) is 14.1 Å². The number of carbonyl (C=O) groups excluding carboxylic acids is 1. The van der Waals surface area contributed by atoms with Gasteiger partial charge in [-0.2, -0.15) is 0 Å². The molecule has 8 heavy (non-hydrogen) atoms. The first-order valence-corrected chi connectivity index (χ1v) is 2.14. The Balaban J connectivity index is 3.49. The van der Waals surface area contributed by atoms with Crippen LogP contribution in [0.2, 0.25) is 0 Å². The number of hydrogen-bond donors (Lipinski definition) is 0. The van der Waals surface area contributed by atoms with E-state index in [2.05, 4.69) is 27.8 Å². The van der Waals surface area contributed by atoms with Crippen LogP contribution >= 0.6 is 11.9 Å². The number of carbonyl (C=O) groups is 1. The standard InChI is InChI=1S/C4H5ClO3/c1-3(2)4(6)7-8-5/h1H2,2H3. The number of rotatable bonds is 2. The molecule has 0 N–H and O–H groups in total. The van der Waals surface area contributed by atoms with Gasteiger partial charge in [0.25, 0.3) is 0 Å². The highest BCUT2D eigenvalue weighted by atomic mass is 35.5. The summed E-state index contributed by atoms with van der Waals surface area (Å²) in [6.07, 6.45) is 0. The summed E-state index contributed by atoms with van der Waals surface area (Å²) in [6.45, 7) is 4.74. The lowest BCUT2D eigenvalue weighted by Gasteiger charge is -1.91. The Bertz CT molecular complexity index is 110. The van der Waals surface area contributed by atoms with E-state index >= 15 is 0 Å². The molecule has 0 fully saturated rings. The van der Waals surface area contributed by atoms with Gasteiger partial charge in [-0.3, -0.25) is 4.89 Å². The Morgan fingerprint density at radius 3 is 2.38 bits per heavy atom. The number of hydrogen-bond acceptors (Lipinski definition) is 3. The molecule has 0 aromatic rings.